The molecule has 25 heavy (non-hydrogen) atoms. The number of hydrogen-bond donors (Lipinski definition) is 0. The average Bonchev–Trinajstić information content (AvgIpc) is 3.22. The van der Waals surface area contributed by atoms with Crippen LogP contribution in [0.5, 0.6) is 0 Å². The van der Waals surface area contributed by atoms with E-state index in [0.717, 1.165) is 30.2 Å². The first-order valence-electron chi connectivity index (χ1n) is 9.00. The van der Waals surface area contributed by atoms with E-state index in [9.17, 15) is 0 Å². The fourth-order valence-corrected chi connectivity index (χ4v) is 5.35. The Hall–Kier alpha value is -1.98. The second kappa shape index (κ2) is 6.07. The maximum atomic E-state index is 6.23. The van der Waals surface area contributed by atoms with Crippen molar-refractivity contribution in [1.29, 1.82) is 0 Å². The molecule has 5 rings (SSSR count). The zero-order chi connectivity index (χ0) is 16.8. The number of thiophene rings is 1. The molecule has 2 unspecified atom stereocenters. The van der Waals surface area contributed by atoms with Crippen LogP contribution in [0, 0.1) is 0 Å². The highest BCUT2D eigenvalue weighted by atomic mass is 32.1. The normalized spacial score (nSPS) is 23.2. The SMILES string of the molecule is CC1CN(c2ncnc3sc4c(c23)CCC4)CC(c2ccccc2)O1. The van der Waals surface area contributed by atoms with E-state index in [4.69, 9.17) is 9.72 Å². The van der Waals surface area contributed by atoms with Crippen LogP contribution in [0.25, 0.3) is 10.2 Å². The van der Waals surface area contributed by atoms with Gasteiger partial charge in [-0.1, -0.05) is 30.3 Å². The summed E-state index contributed by atoms with van der Waals surface area (Å²) in [5.74, 6) is 1.10. The number of morpholine rings is 1. The number of nitrogens with zero attached hydrogens (tertiary/aromatic N) is 3. The Bertz CT molecular complexity index is 908. The van der Waals surface area contributed by atoms with Gasteiger partial charge in [-0.05, 0) is 37.3 Å². The summed E-state index contributed by atoms with van der Waals surface area (Å²) in [6.45, 7) is 3.86. The number of rotatable bonds is 2. The van der Waals surface area contributed by atoms with Gasteiger partial charge in [0.15, 0.2) is 0 Å². The van der Waals surface area contributed by atoms with E-state index in [-0.39, 0.29) is 12.2 Å². The van der Waals surface area contributed by atoms with Gasteiger partial charge in [0.05, 0.1) is 11.5 Å². The average molecular weight is 351 g/mol. The molecule has 128 valence electrons. The van der Waals surface area contributed by atoms with E-state index in [0.29, 0.717) is 0 Å². The van der Waals surface area contributed by atoms with Gasteiger partial charge >= 0.3 is 0 Å². The van der Waals surface area contributed by atoms with Crippen molar-refractivity contribution < 1.29 is 4.74 Å². The number of aromatic nitrogens is 2. The van der Waals surface area contributed by atoms with Gasteiger partial charge in [-0.25, -0.2) is 9.97 Å². The molecule has 2 aliphatic rings. The lowest BCUT2D eigenvalue weighted by molar-refractivity contribution is -0.0175. The molecule has 0 bridgehead atoms. The highest BCUT2D eigenvalue weighted by Crippen LogP contribution is 2.41. The lowest BCUT2D eigenvalue weighted by atomic mass is 10.1. The van der Waals surface area contributed by atoms with Crippen LogP contribution < -0.4 is 4.90 Å². The van der Waals surface area contributed by atoms with E-state index < -0.39 is 0 Å². The van der Waals surface area contributed by atoms with Crippen LogP contribution in [0.15, 0.2) is 36.7 Å². The minimum Gasteiger partial charge on any atom is -0.367 e. The van der Waals surface area contributed by atoms with Gasteiger partial charge in [0.25, 0.3) is 0 Å². The Morgan fingerprint density at radius 2 is 2.00 bits per heavy atom. The topological polar surface area (TPSA) is 38.2 Å². The summed E-state index contributed by atoms with van der Waals surface area (Å²) in [5, 5.41) is 1.29. The Labute approximate surface area is 151 Å². The van der Waals surface area contributed by atoms with Crippen LogP contribution in [-0.4, -0.2) is 29.2 Å². The van der Waals surface area contributed by atoms with Crippen molar-refractivity contribution in [3.05, 3.63) is 52.7 Å². The molecule has 0 N–H and O–H groups in total. The fourth-order valence-electron chi connectivity index (χ4n) is 4.13. The number of benzene rings is 1. The molecule has 3 heterocycles. The molecule has 1 aliphatic heterocycles. The first-order valence-corrected chi connectivity index (χ1v) is 9.82. The largest absolute Gasteiger partial charge is 0.367 e. The quantitative estimate of drug-likeness (QED) is 0.695. The van der Waals surface area contributed by atoms with Crippen molar-refractivity contribution in [2.45, 2.75) is 38.4 Å². The van der Waals surface area contributed by atoms with Crippen LogP contribution in [-0.2, 0) is 17.6 Å². The molecule has 0 radical (unpaired) electrons. The molecule has 2 aromatic heterocycles. The summed E-state index contributed by atoms with van der Waals surface area (Å²) in [5.41, 5.74) is 2.73. The Kier molecular flexibility index (Phi) is 3.71. The number of ether oxygens (including phenoxy) is 1. The molecule has 0 spiro atoms. The minimum absolute atomic E-state index is 0.0849. The lowest BCUT2D eigenvalue weighted by Crippen LogP contribution is -2.43. The Morgan fingerprint density at radius 3 is 2.88 bits per heavy atom. The Morgan fingerprint density at radius 1 is 1.12 bits per heavy atom. The van der Waals surface area contributed by atoms with Gasteiger partial charge in [0.1, 0.15) is 23.1 Å². The van der Waals surface area contributed by atoms with Gasteiger partial charge in [-0.3, -0.25) is 0 Å². The van der Waals surface area contributed by atoms with E-state index >= 15 is 0 Å². The highest BCUT2D eigenvalue weighted by molar-refractivity contribution is 7.19. The van der Waals surface area contributed by atoms with Crippen molar-refractivity contribution in [2.24, 2.45) is 0 Å². The van der Waals surface area contributed by atoms with Crippen molar-refractivity contribution in [3.8, 4) is 0 Å². The number of aryl methyl sites for hydroxylation is 2. The summed E-state index contributed by atoms with van der Waals surface area (Å²) in [7, 11) is 0. The summed E-state index contributed by atoms with van der Waals surface area (Å²) < 4.78 is 6.23. The van der Waals surface area contributed by atoms with Gasteiger partial charge in [0, 0.05) is 18.0 Å². The van der Waals surface area contributed by atoms with Crippen LogP contribution >= 0.6 is 11.3 Å². The summed E-state index contributed by atoms with van der Waals surface area (Å²) >= 11 is 1.85. The molecule has 1 fully saturated rings. The van der Waals surface area contributed by atoms with Crippen LogP contribution in [0.2, 0.25) is 0 Å². The third-order valence-corrected chi connectivity index (χ3v) is 6.41. The second-order valence-corrected chi connectivity index (χ2v) is 8.07. The molecule has 5 heteroatoms. The number of hydrogen-bond acceptors (Lipinski definition) is 5. The lowest BCUT2D eigenvalue weighted by Gasteiger charge is -2.38. The van der Waals surface area contributed by atoms with Crippen LogP contribution in [0.4, 0.5) is 5.82 Å². The molecule has 1 aromatic carbocycles. The first kappa shape index (κ1) is 15.3. The molecule has 4 nitrogen and oxygen atoms in total. The molecule has 1 aliphatic carbocycles. The zero-order valence-electron chi connectivity index (χ0n) is 14.3. The van der Waals surface area contributed by atoms with E-state index in [2.05, 4.69) is 47.1 Å². The molecular formula is C20H21N3OS. The molecule has 2 atom stereocenters. The Balaban J connectivity index is 1.55. The van der Waals surface area contributed by atoms with Gasteiger partial charge in [-0.15, -0.1) is 11.3 Å². The van der Waals surface area contributed by atoms with E-state index in [1.54, 1.807) is 6.33 Å². The maximum Gasteiger partial charge on any atom is 0.141 e. The summed E-state index contributed by atoms with van der Waals surface area (Å²) in [6.07, 6.45) is 5.61. The van der Waals surface area contributed by atoms with Crippen LogP contribution in [0.1, 0.15) is 35.5 Å². The predicted molar refractivity (Wildman–Crippen MR) is 101 cm³/mol. The van der Waals surface area contributed by atoms with Crippen molar-refractivity contribution in [2.75, 3.05) is 18.0 Å². The van der Waals surface area contributed by atoms with E-state index in [1.807, 2.05) is 11.3 Å². The molecule has 0 saturated carbocycles. The summed E-state index contributed by atoms with van der Waals surface area (Å²) in [4.78, 5) is 14.3. The number of anilines is 1. The van der Waals surface area contributed by atoms with Crippen molar-refractivity contribution in [1.82, 2.24) is 9.97 Å². The van der Waals surface area contributed by atoms with Crippen molar-refractivity contribution >= 4 is 27.4 Å². The predicted octanol–water partition coefficient (Wildman–Crippen LogP) is 4.15. The zero-order valence-corrected chi connectivity index (χ0v) is 15.1. The third-order valence-electron chi connectivity index (χ3n) is 5.21. The highest BCUT2D eigenvalue weighted by Gasteiger charge is 2.30. The summed E-state index contributed by atoms with van der Waals surface area (Å²) in [6, 6.07) is 10.5. The molecule has 1 saturated heterocycles. The minimum atomic E-state index is 0.0849. The van der Waals surface area contributed by atoms with Gasteiger partial charge in [0.2, 0.25) is 0 Å². The van der Waals surface area contributed by atoms with Crippen LogP contribution in [0.3, 0.4) is 0 Å². The number of fused-ring (bicyclic) bond motifs is 3. The van der Waals surface area contributed by atoms with E-state index in [1.165, 1.54) is 34.2 Å². The van der Waals surface area contributed by atoms with Gasteiger partial charge in [-0.2, -0.15) is 0 Å². The second-order valence-electron chi connectivity index (χ2n) is 6.99. The standard InChI is InChI=1S/C20H21N3OS/c1-13-10-23(11-16(24-13)14-6-3-2-4-7-14)19-18-15-8-5-9-17(15)25-20(18)22-12-21-19/h2-4,6-7,12-13,16H,5,8-11H2,1H3. The van der Waals surface area contributed by atoms with Crippen molar-refractivity contribution in [3.63, 3.8) is 0 Å². The molecular weight excluding hydrogens is 330 g/mol. The monoisotopic (exact) mass is 351 g/mol. The van der Waals surface area contributed by atoms with Gasteiger partial charge < -0.3 is 9.64 Å². The smallest absolute Gasteiger partial charge is 0.141 e. The maximum absolute atomic E-state index is 6.23. The molecule has 3 aromatic rings. The fraction of sp³-hybridized carbons (Fsp3) is 0.400. The molecule has 0 amide bonds. The first-order chi connectivity index (χ1) is 12.3. The third kappa shape index (κ3) is 2.62.